The summed E-state index contributed by atoms with van der Waals surface area (Å²) in [4.78, 5) is 12.9. The summed E-state index contributed by atoms with van der Waals surface area (Å²) in [6, 6.07) is 5.99. The summed E-state index contributed by atoms with van der Waals surface area (Å²) in [5, 5.41) is 1.84. The molecule has 0 bridgehead atoms. The molecule has 0 saturated carbocycles. The van der Waals surface area contributed by atoms with Gasteiger partial charge in [-0.15, -0.1) is 0 Å². The largest absolute Gasteiger partial charge is 0.405 e. The first kappa shape index (κ1) is 15.3. The van der Waals surface area contributed by atoms with Crippen molar-refractivity contribution in [3.63, 3.8) is 0 Å². The smallest absolute Gasteiger partial charge is 0.329 e. The molecule has 0 aliphatic rings. The maximum atomic E-state index is 12.0. The normalized spacial score (nSPS) is 11.2. The van der Waals surface area contributed by atoms with E-state index in [1.807, 2.05) is 5.32 Å². The van der Waals surface area contributed by atoms with Gasteiger partial charge in [0, 0.05) is 18.8 Å². The van der Waals surface area contributed by atoms with E-state index in [0.29, 0.717) is 12.2 Å². The summed E-state index contributed by atoms with van der Waals surface area (Å²) in [5.41, 5.74) is 6.86. The van der Waals surface area contributed by atoms with Gasteiger partial charge < -0.3 is 11.1 Å². The van der Waals surface area contributed by atoms with E-state index in [4.69, 9.17) is 5.73 Å². The number of nitrogens with one attached hydrogen (secondary N) is 1. The molecule has 0 radical (unpaired) electrons. The fourth-order valence-corrected chi connectivity index (χ4v) is 1.53. The number of nitrogens with zero attached hydrogens (tertiary/aromatic N) is 1. The first-order valence-electron chi connectivity index (χ1n) is 5.78. The minimum atomic E-state index is -4.42. The maximum Gasteiger partial charge on any atom is 0.405 e. The van der Waals surface area contributed by atoms with Crippen molar-refractivity contribution in [3.05, 3.63) is 29.8 Å². The van der Waals surface area contributed by atoms with Crippen molar-refractivity contribution in [1.82, 2.24) is 5.32 Å². The number of halogens is 3. The molecule has 0 fully saturated rings. The van der Waals surface area contributed by atoms with Crippen LogP contribution in [0, 0.1) is 0 Å². The predicted octanol–water partition coefficient (Wildman–Crippen LogP) is 2.24. The predicted molar refractivity (Wildman–Crippen MR) is 66.8 cm³/mol. The monoisotopic (exact) mass is 275 g/mol. The van der Waals surface area contributed by atoms with Gasteiger partial charge in [-0.1, -0.05) is 12.1 Å². The molecule has 0 aromatic heterocycles. The summed E-state index contributed by atoms with van der Waals surface area (Å²) in [6.45, 7) is 0.978. The number of rotatable bonds is 4. The molecular formula is C12H16F3N3O. The highest BCUT2D eigenvalue weighted by Crippen LogP contribution is 2.16. The molecule has 7 heteroatoms. The van der Waals surface area contributed by atoms with Crippen LogP contribution in [0.15, 0.2) is 24.3 Å². The molecule has 0 atom stereocenters. The summed E-state index contributed by atoms with van der Waals surface area (Å²) in [7, 11) is 0. The van der Waals surface area contributed by atoms with Crippen LogP contribution in [-0.2, 0) is 6.54 Å². The van der Waals surface area contributed by atoms with Gasteiger partial charge in [-0.25, -0.2) is 4.79 Å². The molecule has 0 aliphatic carbocycles. The zero-order valence-corrected chi connectivity index (χ0v) is 10.5. The summed E-state index contributed by atoms with van der Waals surface area (Å²) in [5.74, 6) is 0. The minimum Gasteiger partial charge on any atom is -0.329 e. The first-order valence-corrected chi connectivity index (χ1v) is 5.78. The Kier molecular flexibility index (Phi) is 5.17. The Labute approximate surface area is 109 Å². The molecule has 19 heavy (non-hydrogen) atoms. The number of hydrogen-bond donors (Lipinski definition) is 2. The lowest BCUT2D eigenvalue weighted by Gasteiger charge is -2.22. The van der Waals surface area contributed by atoms with Gasteiger partial charge >= 0.3 is 12.2 Å². The van der Waals surface area contributed by atoms with Crippen LogP contribution in [0.3, 0.4) is 0 Å². The molecule has 2 amide bonds. The highest BCUT2D eigenvalue weighted by Gasteiger charge is 2.28. The van der Waals surface area contributed by atoms with Gasteiger partial charge in [0.2, 0.25) is 0 Å². The molecule has 106 valence electrons. The van der Waals surface area contributed by atoms with Crippen LogP contribution in [-0.4, -0.2) is 25.3 Å². The fraction of sp³-hybridized carbons (Fsp3) is 0.417. The highest BCUT2D eigenvalue weighted by atomic mass is 19.4. The zero-order chi connectivity index (χ0) is 14.5. The van der Waals surface area contributed by atoms with E-state index in [0.717, 1.165) is 5.56 Å². The van der Waals surface area contributed by atoms with Crippen molar-refractivity contribution in [1.29, 1.82) is 0 Å². The molecular weight excluding hydrogens is 259 g/mol. The van der Waals surface area contributed by atoms with E-state index in [2.05, 4.69) is 0 Å². The third-order valence-electron chi connectivity index (χ3n) is 2.49. The van der Waals surface area contributed by atoms with Crippen LogP contribution in [0.2, 0.25) is 0 Å². The van der Waals surface area contributed by atoms with Crippen molar-refractivity contribution >= 4 is 11.7 Å². The lowest BCUT2D eigenvalue weighted by molar-refractivity contribution is -0.122. The van der Waals surface area contributed by atoms with E-state index >= 15 is 0 Å². The van der Waals surface area contributed by atoms with Gasteiger partial charge in [0.05, 0.1) is 0 Å². The summed E-state index contributed by atoms with van der Waals surface area (Å²) >= 11 is 0. The third-order valence-corrected chi connectivity index (χ3v) is 2.49. The number of amides is 2. The van der Waals surface area contributed by atoms with Crippen LogP contribution in [0.1, 0.15) is 12.5 Å². The van der Waals surface area contributed by atoms with E-state index in [-0.39, 0.29) is 6.54 Å². The standard InChI is InChI=1S/C12H16F3N3O/c1-2-18(11(19)17-8-12(13,14)15)10-5-3-9(7-16)4-6-10/h3-6H,2,7-8,16H2,1H3,(H,17,19). The third kappa shape index (κ3) is 4.78. The van der Waals surface area contributed by atoms with E-state index in [1.165, 1.54) is 4.90 Å². The molecule has 0 aliphatic heterocycles. The van der Waals surface area contributed by atoms with E-state index in [1.54, 1.807) is 31.2 Å². The van der Waals surface area contributed by atoms with Gasteiger partial charge in [-0.2, -0.15) is 13.2 Å². The Balaban J connectivity index is 2.73. The first-order chi connectivity index (χ1) is 8.87. The highest BCUT2D eigenvalue weighted by molar-refractivity contribution is 5.91. The number of carbonyl (C=O) groups is 1. The SMILES string of the molecule is CCN(C(=O)NCC(F)(F)F)c1ccc(CN)cc1. The lowest BCUT2D eigenvalue weighted by atomic mass is 10.2. The number of anilines is 1. The molecule has 0 saturated heterocycles. The van der Waals surface area contributed by atoms with Crippen LogP contribution in [0.25, 0.3) is 0 Å². The topological polar surface area (TPSA) is 58.4 Å². The Hall–Kier alpha value is -1.76. The number of nitrogens with two attached hydrogens (primary N) is 1. The average Bonchev–Trinajstić information content (AvgIpc) is 2.37. The van der Waals surface area contributed by atoms with Gasteiger partial charge in [-0.3, -0.25) is 4.90 Å². The summed E-state index contributed by atoms with van der Waals surface area (Å²) < 4.78 is 36.1. The second-order valence-electron chi connectivity index (χ2n) is 3.89. The number of benzene rings is 1. The van der Waals surface area contributed by atoms with Crippen molar-refractivity contribution in [2.75, 3.05) is 18.0 Å². The van der Waals surface area contributed by atoms with Crippen molar-refractivity contribution in [2.24, 2.45) is 5.73 Å². The number of urea groups is 1. The molecule has 0 spiro atoms. The van der Waals surface area contributed by atoms with E-state index in [9.17, 15) is 18.0 Å². The zero-order valence-electron chi connectivity index (χ0n) is 10.5. The van der Waals surface area contributed by atoms with Gasteiger partial charge in [0.25, 0.3) is 0 Å². The quantitative estimate of drug-likeness (QED) is 0.885. The van der Waals surface area contributed by atoms with Crippen LogP contribution < -0.4 is 16.0 Å². The molecule has 1 aromatic rings. The van der Waals surface area contributed by atoms with Crippen molar-refractivity contribution < 1.29 is 18.0 Å². The Morgan fingerprint density at radius 2 is 1.89 bits per heavy atom. The average molecular weight is 275 g/mol. The number of carbonyl (C=O) groups excluding carboxylic acids is 1. The second-order valence-corrected chi connectivity index (χ2v) is 3.89. The molecule has 4 nitrogen and oxygen atoms in total. The molecule has 1 aromatic carbocycles. The Morgan fingerprint density at radius 1 is 1.32 bits per heavy atom. The molecule has 1 rings (SSSR count). The van der Waals surface area contributed by atoms with Gasteiger partial charge in [0.15, 0.2) is 0 Å². The molecule has 3 N–H and O–H groups in total. The van der Waals surface area contributed by atoms with Crippen LogP contribution in [0.4, 0.5) is 23.7 Å². The second kappa shape index (κ2) is 6.42. The number of hydrogen-bond acceptors (Lipinski definition) is 2. The minimum absolute atomic E-state index is 0.270. The Bertz CT molecular complexity index is 417. The van der Waals surface area contributed by atoms with Gasteiger partial charge in [0.1, 0.15) is 6.54 Å². The van der Waals surface area contributed by atoms with E-state index < -0.39 is 18.8 Å². The van der Waals surface area contributed by atoms with Crippen molar-refractivity contribution in [2.45, 2.75) is 19.6 Å². The lowest BCUT2D eigenvalue weighted by Crippen LogP contribution is -2.43. The molecule has 0 unspecified atom stereocenters. The van der Waals surface area contributed by atoms with Gasteiger partial charge in [-0.05, 0) is 24.6 Å². The maximum absolute atomic E-state index is 12.0. The van der Waals surface area contributed by atoms with Crippen LogP contribution in [0.5, 0.6) is 0 Å². The molecule has 0 heterocycles. The van der Waals surface area contributed by atoms with Crippen molar-refractivity contribution in [3.8, 4) is 0 Å². The Morgan fingerprint density at radius 3 is 2.32 bits per heavy atom. The fourth-order valence-electron chi connectivity index (χ4n) is 1.53. The number of alkyl halides is 3. The van der Waals surface area contributed by atoms with Crippen LogP contribution >= 0.6 is 0 Å². The summed E-state index contributed by atoms with van der Waals surface area (Å²) in [6.07, 6.45) is -4.42.